The second-order valence-electron chi connectivity index (χ2n) is 7.23. The van der Waals surface area contributed by atoms with Crippen molar-refractivity contribution in [2.75, 3.05) is 32.3 Å². The van der Waals surface area contributed by atoms with Gasteiger partial charge in [-0.25, -0.2) is 4.79 Å². The number of carbonyl (C=O) groups is 3. The van der Waals surface area contributed by atoms with E-state index in [4.69, 9.17) is 9.15 Å². The average molecular weight is 492 g/mol. The summed E-state index contributed by atoms with van der Waals surface area (Å²) in [6.45, 7) is 6.09. The van der Waals surface area contributed by atoms with E-state index in [2.05, 4.69) is 15.5 Å². The van der Waals surface area contributed by atoms with Crippen molar-refractivity contribution in [3.8, 4) is 11.4 Å². The molecule has 33 heavy (non-hydrogen) atoms. The lowest BCUT2D eigenvalue weighted by atomic mass is 10.1. The Morgan fingerprint density at radius 3 is 2.58 bits per heavy atom. The summed E-state index contributed by atoms with van der Waals surface area (Å²) in [5, 5.41) is 12.1. The molecule has 12 heteroatoms. The molecular weight excluding hydrogens is 466 g/mol. The Balaban J connectivity index is 1.79. The Morgan fingerprint density at radius 2 is 2.00 bits per heavy atom. The van der Waals surface area contributed by atoms with Gasteiger partial charge in [0.2, 0.25) is 5.91 Å². The Kier molecular flexibility index (Phi) is 7.59. The second kappa shape index (κ2) is 10.2. The molecule has 0 aliphatic rings. The van der Waals surface area contributed by atoms with Gasteiger partial charge >= 0.3 is 5.97 Å². The minimum atomic E-state index is -0.615. The van der Waals surface area contributed by atoms with Crippen molar-refractivity contribution in [3.05, 3.63) is 34.1 Å². The molecule has 3 aromatic rings. The van der Waals surface area contributed by atoms with Crippen molar-refractivity contribution in [1.82, 2.24) is 19.7 Å². The van der Waals surface area contributed by atoms with Crippen LogP contribution in [0.2, 0.25) is 0 Å². The van der Waals surface area contributed by atoms with E-state index >= 15 is 0 Å². The Labute approximate surface area is 199 Å². The van der Waals surface area contributed by atoms with Gasteiger partial charge in [0.15, 0.2) is 11.0 Å². The molecule has 176 valence electrons. The molecule has 0 saturated carbocycles. The number of furan rings is 1. The largest absolute Gasteiger partial charge is 0.469 e. The highest BCUT2D eigenvalue weighted by Crippen LogP contribution is 2.35. The molecule has 0 radical (unpaired) electrons. The van der Waals surface area contributed by atoms with Crippen LogP contribution in [-0.2, 0) is 16.1 Å². The predicted octanol–water partition coefficient (Wildman–Crippen LogP) is 3.46. The number of hydrogen-bond donors (Lipinski definition) is 1. The molecule has 0 aromatic carbocycles. The van der Waals surface area contributed by atoms with E-state index in [0.29, 0.717) is 28.0 Å². The molecule has 3 aromatic heterocycles. The highest BCUT2D eigenvalue weighted by atomic mass is 32.2. The lowest BCUT2D eigenvalue weighted by Crippen LogP contribution is -2.21. The summed E-state index contributed by atoms with van der Waals surface area (Å²) in [4.78, 5) is 39.3. The first kappa shape index (κ1) is 24.5. The number of anilines is 1. The Hall–Kier alpha value is -3.12. The molecule has 2 amide bonds. The van der Waals surface area contributed by atoms with Gasteiger partial charge < -0.3 is 23.9 Å². The monoisotopic (exact) mass is 491 g/mol. The smallest absolute Gasteiger partial charge is 0.341 e. The van der Waals surface area contributed by atoms with E-state index in [1.807, 2.05) is 24.5 Å². The maximum atomic E-state index is 12.7. The number of esters is 1. The van der Waals surface area contributed by atoms with Crippen molar-refractivity contribution >= 4 is 45.9 Å². The summed E-state index contributed by atoms with van der Waals surface area (Å²) in [6, 6.07) is 1.83. The number of carbonyl (C=O) groups excluding carboxylic acids is 3. The molecule has 3 rings (SSSR count). The van der Waals surface area contributed by atoms with E-state index in [1.165, 1.54) is 23.8 Å². The van der Waals surface area contributed by atoms with Gasteiger partial charge in [-0.15, -0.1) is 21.5 Å². The SMILES string of the molecule is CCn1c(SCC(=O)Nc2sc(C(=O)N(C)C)c(C)c2C(=O)OC)nnc1-c1ccoc1C. The minimum Gasteiger partial charge on any atom is -0.469 e. The zero-order valence-corrected chi connectivity index (χ0v) is 20.8. The van der Waals surface area contributed by atoms with Crippen molar-refractivity contribution < 1.29 is 23.5 Å². The maximum Gasteiger partial charge on any atom is 0.341 e. The van der Waals surface area contributed by atoms with Gasteiger partial charge in [0, 0.05) is 20.6 Å². The normalized spacial score (nSPS) is 10.8. The van der Waals surface area contributed by atoms with E-state index in [1.54, 1.807) is 27.3 Å². The van der Waals surface area contributed by atoms with Crippen molar-refractivity contribution in [2.45, 2.75) is 32.5 Å². The third-order valence-electron chi connectivity index (χ3n) is 4.85. The van der Waals surface area contributed by atoms with Gasteiger partial charge in [0.05, 0.1) is 35.1 Å². The summed E-state index contributed by atoms with van der Waals surface area (Å²) in [5.41, 5.74) is 1.50. The molecule has 0 fully saturated rings. The first-order valence-electron chi connectivity index (χ1n) is 10.0. The van der Waals surface area contributed by atoms with Crippen LogP contribution in [0.15, 0.2) is 21.9 Å². The molecule has 0 atom stereocenters. The molecule has 0 aliphatic carbocycles. The Bertz CT molecular complexity index is 1190. The summed E-state index contributed by atoms with van der Waals surface area (Å²) in [7, 11) is 4.50. The quantitative estimate of drug-likeness (QED) is 0.376. The molecule has 0 aliphatic heterocycles. The number of nitrogens with one attached hydrogen (secondary N) is 1. The number of ether oxygens (including phenoxy) is 1. The third-order valence-corrected chi connectivity index (χ3v) is 7.02. The topological polar surface area (TPSA) is 120 Å². The third kappa shape index (κ3) is 4.96. The van der Waals surface area contributed by atoms with Crippen LogP contribution in [0, 0.1) is 13.8 Å². The van der Waals surface area contributed by atoms with Crippen molar-refractivity contribution in [3.63, 3.8) is 0 Å². The number of aromatic nitrogens is 3. The van der Waals surface area contributed by atoms with Gasteiger partial charge in [0.1, 0.15) is 10.8 Å². The summed E-state index contributed by atoms with van der Waals surface area (Å²) in [6.07, 6.45) is 1.59. The lowest BCUT2D eigenvalue weighted by molar-refractivity contribution is -0.113. The Morgan fingerprint density at radius 1 is 1.27 bits per heavy atom. The second-order valence-corrected chi connectivity index (χ2v) is 9.19. The van der Waals surface area contributed by atoms with Gasteiger partial charge in [-0.3, -0.25) is 9.59 Å². The van der Waals surface area contributed by atoms with E-state index < -0.39 is 5.97 Å². The fourth-order valence-corrected chi connectivity index (χ4v) is 5.18. The van der Waals surface area contributed by atoms with Crippen molar-refractivity contribution in [2.24, 2.45) is 0 Å². The van der Waals surface area contributed by atoms with Crippen LogP contribution < -0.4 is 5.32 Å². The average Bonchev–Trinajstić information content (AvgIpc) is 3.47. The van der Waals surface area contributed by atoms with Crippen LogP contribution in [0.1, 0.15) is 38.3 Å². The number of aryl methyl sites for hydroxylation is 1. The number of methoxy groups -OCH3 is 1. The highest BCUT2D eigenvalue weighted by molar-refractivity contribution is 7.99. The van der Waals surface area contributed by atoms with Gasteiger partial charge in [-0.2, -0.15) is 0 Å². The van der Waals surface area contributed by atoms with Crippen LogP contribution in [0.4, 0.5) is 5.00 Å². The molecule has 1 N–H and O–H groups in total. The first-order valence-corrected chi connectivity index (χ1v) is 11.8. The number of hydrogen-bond acceptors (Lipinski definition) is 9. The molecule has 0 bridgehead atoms. The highest BCUT2D eigenvalue weighted by Gasteiger charge is 2.27. The fraction of sp³-hybridized carbons (Fsp3) is 0.381. The van der Waals surface area contributed by atoms with Gasteiger partial charge in [-0.1, -0.05) is 11.8 Å². The number of nitrogens with zero attached hydrogens (tertiary/aromatic N) is 4. The van der Waals surface area contributed by atoms with Crippen molar-refractivity contribution in [1.29, 1.82) is 0 Å². The molecule has 0 spiro atoms. The molecular formula is C21H25N5O5S2. The number of thioether (sulfide) groups is 1. The zero-order valence-electron chi connectivity index (χ0n) is 19.2. The van der Waals surface area contributed by atoms with E-state index in [0.717, 1.165) is 22.7 Å². The predicted molar refractivity (Wildman–Crippen MR) is 126 cm³/mol. The fourth-order valence-electron chi connectivity index (χ4n) is 3.15. The summed E-state index contributed by atoms with van der Waals surface area (Å²) >= 11 is 2.28. The molecule has 0 unspecified atom stereocenters. The summed E-state index contributed by atoms with van der Waals surface area (Å²) < 4.78 is 12.1. The van der Waals surface area contributed by atoms with Gasteiger partial charge in [-0.05, 0) is 32.4 Å². The van der Waals surface area contributed by atoms with Crippen LogP contribution >= 0.6 is 23.1 Å². The van der Waals surface area contributed by atoms with Crippen LogP contribution in [0.25, 0.3) is 11.4 Å². The first-order chi connectivity index (χ1) is 15.7. The number of rotatable bonds is 8. The van der Waals surface area contributed by atoms with Crippen LogP contribution in [-0.4, -0.2) is 64.4 Å². The van der Waals surface area contributed by atoms with Crippen LogP contribution in [0.3, 0.4) is 0 Å². The number of amides is 2. The lowest BCUT2D eigenvalue weighted by Gasteiger charge is -2.08. The van der Waals surface area contributed by atoms with Gasteiger partial charge in [0.25, 0.3) is 5.91 Å². The maximum absolute atomic E-state index is 12.7. The standard InChI is InChI=1S/C21H25N5O5S2/c1-7-26-17(13-8-9-31-12(13)3)23-24-21(26)32-10-14(27)22-18-15(20(29)30-6)11(2)16(33-18)19(28)25(4)5/h8-9H,7,10H2,1-6H3,(H,22,27). The van der Waals surface area contributed by atoms with E-state index in [9.17, 15) is 14.4 Å². The zero-order chi connectivity index (χ0) is 24.3. The molecule has 0 saturated heterocycles. The number of thiophene rings is 1. The molecule has 3 heterocycles. The van der Waals surface area contributed by atoms with E-state index in [-0.39, 0.29) is 28.1 Å². The minimum absolute atomic E-state index is 0.0387. The summed E-state index contributed by atoms with van der Waals surface area (Å²) in [5.74, 6) is 0.225. The molecule has 10 nitrogen and oxygen atoms in total. The van der Waals surface area contributed by atoms with Crippen LogP contribution in [0.5, 0.6) is 0 Å².